The van der Waals surface area contributed by atoms with Crippen molar-refractivity contribution in [2.75, 3.05) is 13.1 Å². The molecule has 5 nitrogen and oxygen atoms in total. The Kier molecular flexibility index (Phi) is 6.91. The number of amides is 1. The molecule has 0 bridgehead atoms. The monoisotopic (exact) mass is 486 g/mol. The lowest BCUT2D eigenvalue weighted by molar-refractivity contribution is 0.0749. The third-order valence-corrected chi connectivity index (χ3v) is 6.65. The van der Waals surface area contributed by atoms with E-state index in [-0.39, 0.29) is 5.91 Å². The summed E-state index contributed by atoms with van der Waals surface area (Å²) in [6.07, 6.45) is 0.715. The first kappa shape index (κ1) is 23.9. The molecule has 1 amide bonds. The summed E-state index contributed by atoms with van der Waals surface area (Å²) in [4.78, 5) is 17.1. The molecular weight excluding hydrogens is 458 g/mol. The van der Waals surface area contributed by atoms with Gasteiger partial charge in [-0.05, 0) is 49.4 Å². The van der Waals surface area contributed by atoms with Crippen molar-refractivity contribution >= 4 is 5.91 Å². The highest BCUT2D eigenvalue weighted by Crippen LogP contribution is 2.28. The average molecular weight is 487 g/mol. The van der Waals surface area contributed by atoms with E-state index >= 15 is 0 Å². The SMILES string of the molecule is CCN(Cc1nn(-c2ccccc2)c2c1CN(Cc1cc(F)ccc1F)CC2)C(=O)c1ccccc1. The molecule has 5 rings (SSSR count). The van der Waals surface area contributed by atoms with Gasteiger partial charge in [0.1, 0.15) is 11.6 Å². The molecule has 0 spiro atoms. The van der Waals surface area contributed by atoms with E-state index in [2.05, 4.69) is 4.90 Å². The number of fused-ring (bicyclic) bond motifs is 1. The summed E-state index contributed by atoms with van der Waals surface area (Å²) in [6, 6.07) is 22.8. The first-order valence-electron chi connectivity index (χ1n) is 12.2. The van der Waals surface area contributed by atoms with Crippen LogP contribution in [0.1, 0.15) is 39.8 Å². The molecule has 0 atom stereocenters. The second-order valence-electron chi connectivity index (χ2n) is 9.00. The molecule has 7 heteroatoms. The maximum Gasteiger partial charge on any atom is 0.254 e. The van der Waals surface area contributed by atoms with Gasteiger partial charge in [0.05, 0.1) is 23.6 Å². The number of aromatic nitrogens is 2. The number of benzene rings is 3. The molecule has 0 unspecified atom stereocenters. The van der Waals surface area contributed by atoms with E-state index in [1.807, 2.05) is 72.3 Å². The van der Waals surface area contributed by atoms with Gasteiger partial charge in [-0.3, -0.25) is 9.69 Å². The van der Waals surface area contributed by atoms with E-state index in [0.717, 1.165) is 28.7 Å². The molecule has 0 saturated carbocycles. The van der Waals surface area contributed by atoms with Gasteiger partial charge in [0.25, 0.3) is 5.91 Å². The smallest absolute Gasteiger partial charge is 0.254 e. The van der Waals surface area contributed by atoms with Crippen molar-refractivity contribution in [3.05, 3.63) is 119 Å². The fourth-order valence-electron chi connectivity index (χ4n) is 4.76. The van der Waals surface area contributed by atoms with E-state index in [1.54, 1.807) is 4.90 Å². The van der Waals surface area contributed by atoms with Gasteiger partial charge >= 0.3 is 0 Å². The Morgan fingerprint density at radius 3 is 2.44 bits per heavy atom. The van der Waals surface area contributed by atoms with E-state index in [4.69, 9.17) is 5.10 Å². The number of rotatable bonds is 7. The zero-order valence-corrected chi connectivity index (χ0v) is 20.2. The number of hydrogen-bond donors (Lipinski definition) is 0. The number of carbonyl (C=O) groups excluding carboxylic acids is 1. The molecule has 1 aliphatic heterocycles. The Labute approximate surface area is 209 Å². The zero-order chi connectivity index (χ0) is 25.1. The minimum absolute atomic E-state index is 0.0457. The largest absolute Gasteiger partial charge is 0.333 e. The van der Waals surface area contributed by atoms with Gasteiger partial charge in [-0.2, -0.15) is 5.10 Å². The van der Waals surface area contributed by atoms with Crippen molar-refractivity contribution in [1.82, 2.24) is 19.6 Å². The second kappa shape index (κ2) is 10.4. The minimum atomic E-state index is -0.445. The summed E-state index contributed by atoms with van der Waals surface area (Å²) in [6.45, 7) is 4.42. The fourth-order valence-corrected chi connectivity index (χ4v) is 4.76. The lowest BCUT2D eigenvalue weighted by atomic mass is 10.0. The van der Waals surface area contributed by atoms with Crippen LogP contribution in [0.15, 0.2) is 78.9 Å². The summed E-state index contributed by atoms with van der Waals surface area (Å²) in [7, 11) is 0. The highest BCUT2D eigenvalue weighted by atomic mass is 19.1. The van der Waals surface area contributed by atoms with Crippen molar-refractivity contribution in [3.63, 3.8) is 0 Å². The van der Waals surface area contributed by atoms with Crippen LogP contribution in [0.5, 0.6) is 0 Å². The fraction of sp³-hybridized carbons (Fsp3) is 0.241. The van der Waals surface area contributed by atoms with Crippen molar-refractivity contribution in [2.24, 2.45) is 0 Å². The summed E-state index contributed by atoms with van der Waals surface area (Å²) >= 11 is 0. The summed E-state index contributed by atoms with van der Waals surface area (Å²) < 4.78 is 30.1. The number of carbonyl (C=O) groups is 1. The predicted octanol–water partition coefficient (Wildman–Crippen LogP) is 5.37. The van der Waals surface area contributed by atoms with Gasteiger partial charge in [0, 0.05) is 49.3 Å². The summed E-state index contributed by atoms with van der Waals surface area (Å²) in [5.41, 5.74) is 4.90. The lowest BCUT2D eigenvalue weighted by Crippen LogP contribution is -2.33. The molecule has 1 aromatic heterocycles. The third kappa shape index (κ3) is 4.93. The lowest BCUT2D eigenvalue weighted by Gasteiger charge is -2.28. The molecule has 184 valence electrons. The van der Waals surface area contributed by atoms with Crippen LogP contribution in [0.2, 0.25) is 0 Å². The Morgan fingerprint density at radius 1 is 1.00 bits per heavy atom. The van der Waals surface area contributed by atoms with E-state index in [9.17, 15) is 13.6 Å². The Morgan fingerprint density at radius 2 is 1.72 bits per heavy atom. The molecule has 0 radical (unpaired) electrons. The van der Waals surface area contributed by atoms with Crippen LogP contribution in [0.4, 0.5) is 8.78 Å². The number of para-hydroxylation sites is 1. The molecule has 0 saturated heterocycles. The highest BCUT2D eigenvalue weighted by Gasteiger charge is 2.28. The van der Waals surface area contributed by atoms with Crippen molar-refractivity contribution in [2.45, 2.75) is 33.0 Å². The number of nitrogens with zero attached hydrogens (tertiary/aromatic N) is 4. The van der Waals surface area contributed by atoms with Gasteiger partial charge in [0.2, 0.25) is 0 Å². The first-order chi connectivity index (χ1) is 17.5. The molecule has 3 aromatic carbocycles. The Balaban J connectivity index is 1.47. The van der Waals surface area contributed by atoms with Crippen LogP contribution in [0.3, 0.4) is 0 Å². The third-order valence-electron chi connectivity index (χ3n) is 6.65. The quantitative estimate of drug-likeness (QED) is 0.353. The number of halogens is 2. The van der Waals surface area contributed by atoms with Gasteiger partial charge in [-0.15, -0.1) is 0 Å². The van der Waals surface area contributed by atoms with Crippen molar-refractivity contribution in [3.8, 4) is 5.69 Å². The number of hydrogen-bond acceptors (Lipinski definition) is 3. The van der Waals surface area contributed by atoms with Gasteiger partial charge in [-0.25, -0.2) is 13.5 Å². The molecule has 36 heavy (non-hydrogen) atoms. The molecular formula is C29H28F2N4O. The van der Waals surface area contributed by atoms with E-state index < -0.39 is 11.6 Å². The van der Waals surface area contributed by atoms with Crippen LogP contribution >= 0.6 is 0 Å². The van der Waals surface area contributed by atoms with Crippen molar-refractivity contribution < 1.29 is 13.6 Å². The van der Waals surface area contributed by atoms with Crippen LogP contribution < -0.4 is 0 Å². The maximum atomic E-state index is 14.3. The molecule has 1 aliphatic rings. The van der Waals surface area contributed by atoms with Crippen LogP contribution in [-0.4, -0.2) is 38.6 Å². The van der Waals surface area contributed by atoms with Crippen LogP contribution in [-0.2, 0) is 26.1 Å². The average Bonchev–Trinajstić information content (AvgIpc) is 3.27. The normalized spacial score (nSPS) is 13.4. The van der Waals surface area contributed by atoms with E-state index in [0.29, 0.717) is 50.3 Å². The topological polar surface area (TPSA) is 41.4 Å². The predicted molar refractivity (Wildman–Crippen MR) is 135 cm³/mol. The van der Waals surface area contributed by atoms with E-state index in [1.165, 1.54) is 12.1 Å². The molecule has 4 aromatic rings. The van der Waals surface area contributed by atoms with Crippen molar-refractivity contribution in [1.29, 1.82) is 0 Å². The molecule has 0 aliphatic carbocycles. The molecule has 0 N–H and O–H groups in total. The van der Waals surface area contributed by atoms with Crippen LogP contribution in [0, 0.1) is 11.6 Å². The first-order valence-corrected chi connectivity index (χ1v) is 12.2. The summed E-state index contributed by atoms with van der Waals surface area (Å²) in [5.74, 6) is -0.900. The minimum Gasteiger partial charge on any atom is -0.333 e. The van der Waals surface area contributed by atoms with Gasteiger partial charge in [0.15, 0.2) is 0 Å². The zero-order valence-electron chi connectivity index (χ0n) is 20.2. The maximum absolute atomic E-state index is 14.3. The standard InChI is InChI=1S/C29H28F2N4O/c1-2-34(29(36)21-9-5-3-6-10-21)20-27-25-19-33(18-22-17-23(30)13-14-26(22)31)16-15-28(25)35(32-27)24-11-7-4-8-12-24/h3-14,17H,2,15-16,18-20H2,1H3. The molecule has 0 fully saturated rings. The Bertz CT molecular complexity index is 1350. The Hall–Kier alpha value is -3.84. The van der Waals surface area contributed by atoms with Gasteiger partial charge in [-0.1, -0.05) is 36.4 Å². The van der Waals surface area contributed by atoms with Gasteiger partial charge < -0.3 is 4.90 Å². The molecule has 2 heterocycles. The highest BCUT2D eigenvalue weighted by molar-refractivity contribution is 5.94. The second-order valence-corrected chi connectivity index (χ2v) is 9.00. The van der Waals surface area contributed by atoms with Crippen LogP contribution in [0.25, 0.3) is 5.69 Å². The summed E-state index contributed by atoms with van der Waals surface area (Å²) in [5, 5.41) is 4.96.